The van der Waals surface area contributed by atoms with Gasteiger partial charge in [0, 0.05) is 22.7 Å². The Kier molecular flexibility index (Phi) is 4.13. The van der Waals surface area contributed by atoms with Crippen molar-refractivity contribution in [2.75, 3.05) is 7.05 Å². The van der Waals surface area contributed by atoms with E-state index in [0.717, 1.165) is 24.4 Å². The molecule has 2 aromatic heterocycles. The van der Waals surface area contributed by atoms with E-state index in [4.69, 9.17) is 0 Å². The molecule has 0 atom stereocenters. The number of aromatic nitrogens is 3. The molecule has 0 saturated heterocycles. The third kappa shape index (κ3) is 3.35. The summed E-state index contributed by atoms with van der Waals surface area (Å²) in [5, 5.41) is 4.53. The summed E-state index contributed by atoms with van der Waals surface area (Å²) in [6, 6.07) is 14.0. The van der Waals surface area contributed by atoms with E-state index < -0.39 is 0 Å². The van der Waals surface area contributed by atoms with Crippen molar-refractivity contribution in [1.29, 1.82) is 0 Å². The Balaban J connectivity index is 1.60. The lowest BCUT2D eigenvalue weighted by Crippen LogP contribution is -2.27. The van der Waals surface area contributed by atoms with Gasteiger partial charge in [0.2, 0.25) is 5.82 Å². The van der Waals surface area contributed by atoms with Crippen molar-refractivity contribution < 1.29 is 4.79 Å². The fourth-order valence-corrected chi connectivity index (χ4v) is 3.77. The molecule has 0 aliphatic heterocycles. The Morgan fingerprint density at radius 3 is 2.64 bits per heavy atom. The zero-order valence-electron chi connectivity index (χ0n) is 14.3. The first-order valence-corrected chi connectivity index (χ1v) is 9.26. The maximum Gasteiger partial charge on any atom is 0.293 e. The molecule has 0 bridgehead atoms. The summed E-state index contributed by atoms with van der Waals surface area (Å²) in [6.07, 6.45) is 2.23. The van der Waals surface area contributed by atoms with Crippen molar-refractivity contribution in [3.63, 3.8) is 0 Å². The second-order valence-electron chi connectivity index (χ2n) is 6.49. The minimum Gasteiger partial charge on any atom is -0.334 e. The molecule has 0 spiro atoms. The molecule has 0 N–H and O–H groups in total. The molecule has 1 fully saturated rings. The minimum atomic E-state index is -0.136. The third-order valence-electron chi connectivity index (χ3n) is 4.30. The van der Waals surface area contributed by atoms with Gasteiger partial charge in [-0.3, -0.25) is 4.79 Å². The molecule has 1 saturated carbocycles. The van der Waals surface area contributed by atoms with E-state index in [9.17, 15) is 4.79 Å². The molecule has 6 heteroatoms. The number of carbonyl (C=O) groups excluding carboxylic acids is 1. The number of para-hydroxylation sites is 1. The monoisotopic (exact) mass is 352 g/mol. The molecular formula is C19H20N4OS. The molecule has 5 nitrogen and oxygen atoms in total. The number of aryl methyl sites for hydroxylation is 1. The zero-order valence-corrected chi connectivity index (χ0v) is 15.2. The number of amides is 1. The predicted octanol–water partition coefficient (Wildman–Crippen LogP) is 3.79. The Morgan fingerprint density at radius 2 is 2.00 bits per heavy atom. The fourth-order valence-electron chi connectivity index (χ4n) is 2.83. The molecule has 2 heterocycles. The number of nitrogens with zero attached hydrogens (tertiary/aromatic N) is 4. The highest BCUT2D eigenvalue weighted by molar-refractivity contribution is 7.11. The average Bonchev–Trinajstić information content (AvgIpc) is 3.24. The van der Waals surface area contributed by atoms with E-state index in [-0.39, 0.29) is 11.7 Å². The van der Waals surface area contributed by atoms with Gasteiger partial charge in [-0.1, -0.05) is 18.2 Å². The molecule has 25 heavy (non-hydrogen) atoms. The quantitative estimate of drug-likeness (QED) is 0.702. The number of thiophene rings is 1. The minimum absolute atomic E-state index is 0.136. The summed E-state index contributed by atoms with van der Waals surface area (Å²) in [5.74, 6) is 1.46. The number of hydrogen-bond donors (Lipinski definition) is 0. The summed E-state index contributed by atoms with van der Waals surface area (Å²) in [6.45, 7) is 2.65. The molecule has 1 aliphatic carbocycles. The van der Waals surface area contributed by atoms with Crippen LogP contribution in [0.2, 0.25) is 0 Å². The van der Waals surface area contributed by atoms with Crippen LogP contribution in [0.5, 0.6) is 0 Å². The molecular weight excluding hydrogens is 332 g/mol. The average molecular weight is 352 g/mol. The molecule has 3 aromatic rings. The van der Waals surface area contributed by atoms with Gasteiger partial charge >= 0.3 is 0 Å². The van der Waals surface area contributed by atoms with Gasteiger partial charge in [-0.25, -0.2) is 9.67 Å². The van der Waals surface area contributed by atoms with Gasteiger partial charge in [-0.2, -0.15) is 0 Å². The van der Waals surface area contributed by atoms with Crippen LogP contribution in [0.25, 0.3) is 5.69 Å². The van der Waals surface area contributed by atoms with Crippen molar-refractivity contribution in [3.8, 4) is 5.69 Å². The topological polar surface area (TPSA) is 51.0 Å². The lowest BCUT2D eigenvalue weighted by Gasteiger charge is -2.13. The largest absolute Gasteiger partial charge is 0.334 e. The Bertz CT molecular complexity index is 895. The van der Waals surface area contributed by atoms with E-state index in [2.05, 4.69) is 29.1 Å². The van der Waals surface area contributed by atoms with Crippen molar-refractivity contribution >= 4 is 17.2 Å². The number of carbonyl (C=O) groups is 1. The zero-order chi connectivity index (χ0) is 17.4. The van der Waals surface area contributed by atoms with Crippen LogP contribution in [-0.4, -0.2) is 32.6 Å². The molecule has 0 radical (unpaired) electrons. The maximum absolute atomic E-state index is 12.8. The Morgan fingerprint density at radius 1 is 1.24 bits per heavy atom. The SMILES string of the molecule is Cc1ccc(CN(C)C(=O)c2nc(C3CC3)n(-c3ccccc3)n2)s1. The van der Waals surface area contributed by atoms with Crippen molar-refractivity contribution in [2.45, 2.75) is 32.2 Å². The van der Waals surface area contributed by atoms with Gasteiger partial charge < -0.3 is 4.90 Å². The summed E-state index contributed by atoms with van der Waals surface area (Å²) in [4.78, 5) is 21.5. The van der Waals surface area contributed by atoms with Crippen LogP contribution in [0.4, 0.5) is 0 Å². The third-order valence-corrected chi connectivity index (χ3v) is 5.29. The van der Waals surface area contributed by atoms with Crippen LogP contribution in [0, 0.1) is 6.92 Å². The van der Waals surface area contributed by atoms with E-state index in [1.807, 2.05) is 35.0 Å². The van der Waals surface area contributed by atoms with Crippen LogP contribution in [0.1, 0.15) is 45.0 Å². The van der Waals surface area contributed by atoms with Crippen LogP contribution < -0.4 is 0 Å². The first kappa shape index (κ1) is 16.0. The van der Waals surface area contributed by atoms with Crippen LogP contribution in [0.3, 0.4) is 0 Å². The molecule has 0 unspecified atom stereocenters. The van der Waals surface area contributed by atoms with E-state index in [1.165, 1.54) is 9.75 Å². The van der Waals surface area contributed by atoms with Gasteiger partial charge in [0.1, 0.15) is 5.82 Å². The van der Waals surface area contributed by atoms with Crippen molar-refractivity contribution in [2.24, 2.45) is 0 Å². The maximum atomic E-state index is 12.8. The number of benzene rings is 1. The van der Waals surface area contributed by atoms with Gasteiger partial charge in [0.05, 0.1) is 12.2 Å². The highest BCUT2D eigenvalue weighted by Gasteiger charge is 2.32. The molecule has 1 aromatic carbocycles. The highest BCUT2D eigenvalue weighted by atomic mass is 32.1. The van der Waals surface area contributed by atoms with Gasteiger partial charge in [0.25, 0.3) is 5.91 Å². The normalized spacial score (nSPS) is 13.8. The lowest BCUT2D eigenvalue weighted by molar-refractivity contribution is 0.0774. The smallest absolute Gasteiger partial charge is 0.293 e. The first-order valence-electron chi connectivity index (χ1n) is 8.45. The number of hydrogen-bond acceptors (Lipinski definition) is 4. The highest BCUT2D eigenvalue weighted by Crippen LogP contribution is 2.39. The fraction of sp³-hybridized carbons (Fsp3) is 0.316. The Labute approximate surface area is 150 Å². The summed E-state index contributed by atoms with van der Waals surface area (Å²) >= 11 is 1.71. The molecule has 1 amide bonds. The molecule has 4 rings (SSSR count). The summed E-state index contributed by atoms with van der Waals surface area (Å²) in [5.41, 5.74) is 0.951. The Hall–Kier alpha value is -2.47. The van der Waals surface area contributed by atoms with Crippen molar-refractivity contribution in [1.82, 2.24) is 19.7 Å². The van der Waals surface area contributed by atoms with E-state index in [0.29, 0.717) is 12.5 Å². The van der Waals surface area contributed by atoms with Crippen LogP contribution >= 0.6 is 11.3 Å². The summed E-state index contributed by atoms with van der Waals surface area (Å²) in [7, 11) is 1.80. The second kappa shape index (κ2) is 6.44. The van der Waals surface area contributed by atoms with Crippen molar-refractivity contribution in [3.05, 3.63) is 63.9 Å². The summed E-state index contributed by atoms with van der Waals surface area (Å²) < 4.78 is 1.83. The van der Waals surface area contributed by atoms with Gasteiger partial charge in [-0.15, -0.1) is 16.4 Å². The lowest BCUT2D eigenvalue weighted by atomic mass is 10.3. The van der Waals surface area contributed by atoms with E-state index >= 15 is 0 Å². The van der Waals surface area contributed by atoms with Gasteiger partial charge in [0.15, 0.2) is 0 Å². The second-order valence-corrected chi connectivity index (χ2v) is 7.86. The molecule has 128 valence electrons. The van der Waals surface area contributed by atoms with Crippen LogP contribution in [-0.2, 0) is 6.54 Å². The van der Waals surface area contributed by atoms with Crippen LogP contribution in [0.15, 0.2) is 42.5 Å². The predicted molar refractivity (Wildman–Crippen MR) is 98.2 cm³/mol. The number of rotatable bonds is 5. The molecule has 1 aliphatic rings. The van der Waals surface area contributed by atoms with Gasteiger partial charge in [-0.05, 0) is 44.0 Å². The standard InChI is InChI=1S/C19H20N4OS/c1-13-8-11-16(25-13)12-22(2)19(24)17-20-18(14-9-10-14)23(21-17)15-6-4-3-5-7-15/h3-8,11,14H,9-10,12H2,1-2H3. The van der Waals surface area contributed by atoms with E-state index in [1.54, 1.807) is 23.3 Å². The first-order chi connectivity index (χ1) is 12.1.